The second kappa shape index (κ2) is 6.78. The first-order chi connectivity index (χ1) is 8.36. The zero-order chi connectivity index (χ0) is 13.9. The van der Waals surface area contributed by atoms with Crippen molar-refractivity contribution >= 4 is 55.1 Å². The SMILES string of the molecule is COC(=O)C(C)C(C)Nc1c(Br)cc(Cl)cc1Br. The monoisotopic (exact) mass is 397 g/mol. The number of hydrogen-bond donors (Lipinski definition) is 1. The van der Waals surface area contributed by atoms with Gasteiger partial charge in [0.05, 0.1) is 18.7 Å². The van der Waals surface area contributed by atoms with Gasteiger partial charge in [-0.05, 0) is 57.8 Å². The molecule has 100 valence electrons. The van der Waals surface area contributed by atoms with Crippen molar-refractivity contribution in [2.45, 2.75) is 19.9 Å². The third-order valence-corrected chi connectivity index (χ3v) is 4.17. The number of hydrogen-bond acceptors (Lipinski definition) is 3. The van der Waals surface area contributed by atoms with E-state index in [1.807, 2.05) is 13.8 Å². The van der Waals surface area contributed by atoms with Crippen LogP contribution in [-0.4, -0.2) is 19.1 Å². The molecule has 2 atom stereocenters. The summed E-state index contributed by atoms with van der Waals surface area (Å²) in [5.41, 5.74) is 0.864. The van der Waals surface area contributed by atoms with E-state index in [2.05, 4.69) is 37.2 Å². The lowest BCUT2D eigenvalue weighted by Gasteiger charge is -2.22. The Labute approximate surface area is 128 Å². The first-order valence-corrected chi connectivity index (χ1v) is 7.32. The van der Waals surface area contributed by atoms with Crippen molar-refractivity contribution in [3.63, 3.8) is 0 Å². The fourth-order valence-corrected chi connectivity index (χ4v) is 3.32. The maximum absolute atomic E-state index is 11.5. The average Bonchev–Trinajstić information content (AvgIpc) is 2.31. The first kappa shape index (κ1) is 15.8. The molecule has 3 nitrogen and oxygen atoms in total. The van der Waals surface area contributed by atoms with E-state index in [4.69, 9.17) is 16.3 Å². The molecule has 0 fully saturated rings. The van der Waals surface area contributed by atoms with Crippen LogP contribution in [-0.2, 0) is 9.53 Å². The predicted octanol–water partition coefficient (Wildman–Crippen LogP) is 4.47. The number of nitrogens with one attached hydrogen (secondary N) is 1. The fraction of sp³-hybridized carbons (Fsp3) is 0.417. The van der Waals surface area contributed by atoms with Gasteiger partial charge in [0.25, 0.3) is 0 Å². The summed E-state index contributed by atoms with van der Waals surface area (Å²) in [6, 6.07) is 3.53. The van der Waals surface area contributed by atoms with Crippen LogP contribution in [0, 0.1) is 5.92 Å². The van der Waals surface area contributed by atoms with E-state index in [0.717, 1.165) is 14.6 Å². The van der Waals surface area contributed by atoms with Crippen molar-refractivity contribution in [1.29, 1.82) is 0 Å². The smallest absolute Gasteiger partial charge is 0.310 e. The molecule has 1 rings (SSSR count). The van der Waals surface area contributed by atoms with Crippen LogP contribution in [0.1, 0.15) is 13.8 Å². The Morgan fingerprint density at radius 1 is 1.33 bits per heavy atom. The van der Waals surface area contributed by atoms with E-state index >= 15 is 0 Å². The molecule has 0 aliphatic carbocycles. The quantitative estimate of drug-likeness (QED) is 0.759. The first-order valence-electron chi connectivity index (χ1n) is 5.35. The van der Waals surface area contributed by atoms with Gasteiger partial charge in [-0.1, -0.05) is 11.6 Å². The zero-order valence-corrected chi connectivity index (χ0v) is 14.2. The average molecular weight is 400 g/mol. The van der Waals surface area contributed by atoms with E-state index in [0.29, 0.717) is 5.02 Å². The second-order valence-corrected chi connectivity index (χ2v) is 6.13. The van der Waals surface area contributed by atoms with Crippen LogP contribution in [0.15, 0.2) is 21.1 Å². The molecule has 0 heterocycles. The van der Waals surface area contributed by atoms with Gasteiger partial charge in [-0.25, -0.2) is 0 Å². The molecule has 1 aromatic carbocycles. The number of esters is 1. The molecule has 18 heavy (non-hydrogen) atoms. The van der Waals surface area contributed by atoms with E-state index in [1.54, 1.807) is 12.1 Å². The van der Waals surface area contributed by atoms with Crippen molar-refractivity contribution < 1.29 is 9.53 Å². The number of carbonyl (C=O) groups excluding carboxylic acids is 1. The minimum Gasteiger partial charge on any atom is -0.469 e. The molecule has 0 aromatic heterocycles. The van der Waals surface area contributed by atoms with Gasteiger partial charge in [-0.3, -0.25) is 4.79 Å². The van der Waals surface area contributed by atoms with Crippen LogP contribution in [0.5, 0.6) is 0 Å². The number of anilines is 1. The molecular weight excluding hydrogens is 385 g/mol. The van der Waals surface area contributed by atoms with E-state index in [1.165, 1.54) is 7.11 Å². The molecule has 6 heteroatoms. The molecule has 1 aromatic rings. The summed E-state index contributed by atoms with van der Waals surface area (Å²) in [6.07, 6.45) is 0. The maximum Gasteiger partial charge on any atom is 0.310 e. The second-order valence-electron chi connectivity index (χ2n) is 3.99. The largest absolute Gasteiger partial charge is 0.469 e. The molecule has 0 aliphatic heterocycles. The fourth-order valence-electron chi connectivity index (χ4n) is 1.42. The Kier molecular flexibility index (Phi) is 5.95. The lowest BCUT2D eigenvalue weighted by molar-refractivity contribution is -0.145. The molecule has 0 bridgehead atoms. The summed E-state index contributed by atoms with van der Waals surface area (Å²) in [6.45, 7) is 3.75. The highest BCUT2D eigenvalue weighted by Crippen LogP contribution is 2.35. The Balaban J connectivity index is 2.88. The zero-order valence-electron chi connectivity index (χ0n) is 10.3. The number of halogens is 3. The van der Waals surface area contributed by atoms with E-state index in [-0.39, 0.29) is 17.9 Å². The van der Waals surface area contributed by atoms with Crippen molar-refractivity contribution in [1.82, 2.24) is 0 Å². The summed E-state index contributed by atoms with van der Waals surface area (Å²) >= 11 is 12.8. The molecule has 0 saturated heterocycles. The van der Waals surface area contributed by atoms with Crippen molar-refractivity contribution in [3.8, 4) is 0 Å². The number of methoxy groups -OCH3 is 1. The van der Waals surface area contributed by atoms with Crippen molar-refractivity contribution in [2.75, 3.05) is 12.4 Å². The third kappa shape index (κ3) is 3.87. The lowest BCUT2D eigenvalue weighted by atomic mass is 10.0. The summed E-state index contributed by atoms with van der Waals surface area (Å²) in [5, 5.41) is 3.90. The van der Waals surface area contributed by atoms with Crippen molar-refractivity contribution in [2.24, 2.45) is 5.92 Å². The Morgan fingerprint density at radius 2 is 1.83 bits per heavy atom. The Bertz CT molecular complexity index is 431. The van der Waals surface area contributed by atoms with Gasteiger partial charge in [-0.15, -0.1) is 0 Å². The molecule has 2 unspecified atom stereocenters. The predicted molar refractivity (Wildman–Crippen MR) is 81.1 cm³/mol. The highest BCUT2D eigenvalue weighted by molar-refractivity contribution is 9.11. The normalized spacial score (nSPS) is 13.9. The minimum atomic E-state index is -0.246. The summed E-state index contributed by atoms with van der Waals surface area (Å²) < 4.78 is 6.40. The van der Waals surface area contributed by atoms with E-state index in [9.17, 15) is 4.79 Å². The van der Waals surface area contributed by atoms with Gasteiger partial charge in [0.1, 0.15) is 0 Å². The number of benzene rings is 1. The number of ether oxygens (including phenoxy) is 1. The van der Waals surface area contributed by atoms with Crippen LogP contribution in [0.25, 0.3) is 0 Å². The molecule has 0 saturated carbocycles. The molecule has 1 N–H and O–H groups in total. The molecular formula is C12H14Br2ClNO2. The highest BCUT2D eigenvalue weighted by Gasteiger charge is 2.22. The van der Waals surface area contributed by atoms with Crippen LogP contribution < -0.4 is 5.32 Å². The standard InChI is InChI=1S/C12H14Br2ClNO2/c1-6(12(17)18-3)7(2)16-11-9(13)4-8(15)5-10(11)14/h4-7,16H,1-3H3. The van der Waals surface area contributed by atoms with Crippen LogP contribution in [0.4, 0.5) is 5.69 Å². The van der Waals surface area contributed by atoms with Crippen LogP contribution in [0.3, 0.4) is 0 Å². The summed E-state index contributed by atoms with van der Waals surface area (Å²) in [4.78, 5) is 11.5. The molecule has 0 spiro atoms. The Hall–Kier alpha value is -0.260. The van der Waals surface area contributed by atoms with Crippen LogP contribution >= 0.6 is 43.5 Å². The van der Waals surface area contributed by atoms with Gasteiger partial charge in [0.2, 0.25) is 0 Å². The van der Waals surface area contributed by atoms with Gasteiger partial charge in [-0.2, -0.15) is 0 Å². The topological polar surface area (TPSA) is 38.3 Å². The lowest BCUT2D eigenvalue weighted by Crippen LogP contribution is -2.31. The van der Waals surface area contributed by atoms with Crippen LogP contribution in [0.2, 0.25) is 5.02 Å². The van der Waals surface area contributed by atoms with Gasteiger partial charge in [0, 0.05) is 20.0 Å². The molecule has 0 amide bonds. The minimum absolute atomic E-state index is 0.0637. The number of rotatable bonds is 4. The molecule has 0 aliphatic rings. The van der Waals surface area contributed by atoms with E-state index < -0.39 is 0 Å². The van der Waals surface area contributed by atoms with Gasteiger partial charge in [0.15, 0.2) is 0 Å². The molecule has 0 radical (unpaired) electrons. The van der Waals surface area contributed by atoms with Gasteiger partial charge >= 0.3 is 5.97 Å². The maximum atomic E-state index is 11.5. The third-order valence-electron chi connectivity index (χ3n) is 2.70. The highest BCUT2D eigenvalue weighted by atomic mass is 79.9. The Morgan fingerprint density at radius 3 is 2.28 bits per heavy atom. The van der Waals surface area contributed by atoms with Crippen molar-refractivity contribution in [3.05, 3.63) is 26.1 Å². The summed E-state index contributed by atoms with van der Waals surface area (Å²) in [7, 11) is 1.39. The van der Waals surface area contributed by atoms with Gasteiger partial charge < -0.3 is 10.1 Å². The number of carbonyl (C=O) groups is 1. The summed E-state index contributed by atoms with van der Waals surface area (Å²) in [5.74, 6) is -0.485.